The standard InChI is InChI=1S/C17H16F5NO/c1-23(2)14-10-6-9-13(11-14)15(24,12-7-4-3-5-8-12)16(18,19)17(20,21)22/h3-11,24H,1-2H3. The van der Waals surface area contributed by atoms with Gasteiger partial charge in [-0.15, -0.1) is 0 Å². The lowest BCUT2D eigenvalue weighted by Gasteiger charge is -2.38. The van der Waals surface area contributed by atoms with E-state index in [1.807, 2.05) is 0 Å². The summed E-state index contributed by atoms with van der Waals surface area (Å²) in [4.78, 5) is 1.54. The lowest BCUT2D eigenvalue weighted by molar-refractivity contribution is -0.336. The van der Waals surface area contributed by atoms with Crippen molar-refractivity contribution in [1.29, 1.82) is 0 Å². The van der Waals surface area contributed by atoms with E-state index >= 15 is 0 Å². The molecule has 2 rings (SSSR count). The first-order valence-corrected chi connectivity index (χ1v) is 7.02. The molecule has 0 fully saturated rings. The van der Waals surface area contributed by atoms with Gasteiger partial charge in [0.05, 0.1) is 0 Å². The van der Waals surface area contributed by atoms with Crippen molar-refractivity contribution in [2.24, 2.45) is 0 Å². The minimum atomic E-state index is -5.92. The predicted molar refractivity (Wildman–Crippen MR) is 81.2 cm³/mol. The lowest BCUT2D eigenvalue weighted by Crippen LogP contribution is -2.55. The number of alkyl halides is 5. The summed E-state index contributed by atoms with van der Waals surface area (Å²) in [7, 11) is 3.23. The van der Waals surface area contributed by atoms with Gasteiger partial charge in [0.25, 0.3) is 0 Å². The van der Waals surface area contributed by atoms with Gasteiger partial charge in [-0.3, -0.25) is 0 Å². The minimum Gasteiger partial charge on any atom is -0.378 e. The highest BCUT2D eigenvalue weighted by Gasteiger charge is 2.71. The number of hydrogen-bond acceptors (Lipinski definition) is 2. The second kappa shape index (κ2) is 6.05. The topological polar surface area (TPSA) is 23.5 Å². The Balaban J connectivity index is 2.76. The van der Waals surface area contributed by atoms with Crippen LogP contribution < -0.4 is 4.90 Å². The molecule has 130 valence electrons. The van der Waals surface area contributed by atoms with E-state index < -0.39 is 28.8 Å². The van der Waals surface area contributed by atoms with Gasteiger partial charge in [-0.25, -0.2) is 0 Å². The number of benzene rings is 2. The zero-order valence-electron chi connectivity index (χ0n) is 13.0. The van der Waals surface area contributed by atoms with Gasteiger partial charge in [0.1, 0.15) is 0 Å². The van der Waals surface area contributed by atoms with E-state index in [4.69, 9.17) is 0 Å². The Hall–Kier alpha value is -2.15. The second-order valence-corrected chi connectivity index (χ2v) is 5.59. The number of halogens is 5. The molecule has 2 aromatic carbocycles. The highest BCUT2D eigenvalue weighted by molar-refractivity contribution is 5.51. The molecule has 0 heterocycles. The molecule has 1 N–H and O–H groups in total. The van der Waals surface area contributed by atoms with Gasteiger partial charge in [0.15, 0.2) is 5.60 Å². The fourth-order valence-electron chi connectivity index (χ4n) is 2.42. The Bertz CT molecular complexity index is 700. The first-order chi connectivity index (χ1) is 11.0. The summed E-state index contributed by atoms with van der Waals surface area (Å²) in [6.45, 7) is 0. The fourth-order valence-corrected chi connectivity index (χ4v) is 2.42. The largest absolute Gasteiger partial charge is 0.457 e. The van der Waals surface area contributed by atoms with Gasteiger partial charge in [-0.1, -0.05) is 42.5 Å². The average molecular weight is 345 g/mol. The summed E-state index contributed by atoms with van der Waals surface area (Å²) < 4.78 is 67.7. The Morgan fingerprint density at radius 2 is 1.33 bits per heavy atom. The molecule has 2 nitrogen and oxygen atoms in total. The van der Waals surface area contributed by atoms with Crippen molar-refractivity contribution >= 4 is 5.69 Å². The van der Waals surface area contributed by atoms with Crippen LogP contribution in [-0.4, -0.2) is 31.3 Å². The maximum atomic E-state index is 14.3. The van der Waals surface area contributed by atoms with Gasteiger partial charge in [-0.2, -0.15) is 22.0 Å². The fraction of sp³-hybridized carbons (Fsp3) is 0.294. The Kier molecular flexibility index (Phi) is 4.59. The van der Waals surface area contributed by atoms with Crippen molar-refractivity contribution in [2.45, 2.75) is 17.7 Å². The number of anilines is 1. The van der Waals surface area contributed by atoms with Gasteiger partial charge < -0.3 is 10.0 Å². The molecule has 0 saturated carbocycles. The smallest absolute Gasteiger partial charge is 0.378 e. The number of rotatable bonds is 4. The van der Waals surface area contributed by atoms with Crippen LogP contribution in [0.1, 0.15) is 11.1 Å². The van der Waals surface area contributed by atoms with E-state index in [1.165, 1.54) is 24.3 Å². The monoisotopic (exact) mass is 345 g/mol. The van der Waals surface area contributed by atoms with E-state index in [2.05, 4.69) is 0 Å². The third kappa shape index (κ3) is 2.84. The molecule has 1 unspecified atom stereocenters. The van der Waals surface area contributed by atoms with Gasteiger partial charge in [-0.05, 0) is 23.3 Å². The molecule has 0 saturated heterocycles. The Labute approximate surface area is 136 Å². The van der Waals surface area contributed by atoms with E-state index in [1.54, 1.807) is 25.1 Å². The molecule has 1 atom stereocenters. The number of aliphatic hydroxyl groups is 1. The van der Waals surface area contributed by atoms with Gasteiger partial charge in [0, 0.05) is 19.8 Å². The van der Waals surface area contributed by atoms with Crippen LogP contribution in [0.2, 0.25) is 0 Å². The normalized spacial score (nSPS) is 15.0. The third-order valence-corrected chi connectivity index (χ3v) is 3.78. The lowest BCUT2D eigenvalue weighted by atomic mass is 9.80. The number of nitrogens with zero attached hydrogens (tertiary/aromatic N) is 1. The van der Waals surface area contributed by atoms with Crippen molar-refractivity contribution in [1.82, 2.24) is 0 Å². The molecule has 0 amide bonds. The van der Waals surface area contributed by atoms with Crippen molar-refractivity contribution in [2.75, 3.05) is 19.0 Å². The van der Waals surface area contributed by atoms with Crippen LogP contribution in [-0.2, 0) is 5.60 Å². The first kappa shape index (κ1) is 18.2. The van der Waals surface area contributed by atoms with Gasteiger partial charge >= 0.3 is 12.1 Å². The molecule has 0 radical (unpaired) electrons. The highest BCUT2D eigenvalue weighted by atomic mass is 19.4. The summed E-state index contributed by atoms with van der Waals surface area (Å²) >= 11 is 0. The van der Waals surface area contributed by atoms with E-state index in [9.17, 15) is 27.1 Å². The summed E-state index contributed by atoms with van der Waals surface area (Å²) in [5.41, 5.74) is -4.23. The van der Waals surface area contributed by atoms with Gasteiger partial charge in [0.2, 0.25) is 0 Å². The molecule has 24 heavy (non-hydrogen) atoms. The summed E-state index contributed by atoms with van der Waals surface area (Å²) in [6, 6.07) is 11.2. The van der Waals surface area contributed by atoms with Crippen molar-refractivity contribution in [3.05, 3.63) is 65.7 Å². The summed E-state index contributed by atoms with van der Waals surface area (Å²) in [5.74, 6) is -5.38. The van der Waals surface area contributed by atoms with Crippen LogP contribution in [0.25, 0.3) is 0 Å². The van der Waals surface area contributed by atoms with E-state index in [0.717, 1.165) is 24.3 Å². The maximum Gasteiger partial charge on any atom is 0.457 e. The zero-order valence-corrected chi connectivity index (χ0v) is 13.0. The van der Waals surface area contributed by atoms with Crippen LogP contribution in [0.3, 0.4) is 0 Å². The highest BCUT2D eigenvalue weighted by Crippen LogP contribution is 2.51. The molecule has 0 aliphatic rings. The average Bonchev–Trinajstić information content (AvgIpc) is 2.53. The zero-order chi connectivity index (χ0) is 18.2. The minimum absolute atomic E-state index is 0.389. The van der Waals surface area contributed by atoms with E-state index in [-0.39, 0.29) is 0 Å². The van der Waals surface area contributed by atoms with Crippen molar-refractivity contribution < 1.29 is 27.1 Å². The van der Waals surface area contributed by atoms with E-state index in [0.29, 0.717) is 5.69 Å². The Morgan fingerprint density at radius 3 is 1.83 bits per heavy atom. The van der Waals surface area contributed by atoms with Crippen molar-refractivity contribution in [3.8, 4) is 0 Å². The molecule has 7 heteroatoms. The van der Waals surface area contributed by atoms with Crippen LogP contribution in [0.4, 0.5) is 27.6 Å². The molecular weight excluding hydrogens is 329 g/mol. The van der Waals surface area contributed by atoms with Crippen LogP contribution >= 0.6 is 0 Å². The SMILES string of the molecule is CN(C)c1cccc(C(O)(c2ccccc2)C(F)(F)C(F)(F)F)c1. The van der Waals surface area contributed by atoms with Crippen LogP contribution in [0, 0.1) is 0 Å². The molecule has 2 aromatic rings. The quantitative estimate of drug-likeness (QED) is 0.840. The Morgan fingerprint density at radius 1 is 0.792 bits per heavy atom. The molecule has 0 aromatic heterocycles. The molecule has 0 bridgehead atoms. The molecule has 0 aliphatic heterocycles. The third-order valence-electron chi connectivity index (χ3n) is 3.78. The molecular formula is C17H16F5NO. The number of hydrogen-bond donors (Lipinski definition) is 1. The first-order valence-electron chi connectivity index (χ1n) is 7.02. The molecule has 0 aliphatic carbocycles. The summed E-state index contributed by atoms with van der Waals surface area (Å²) in [5, 5.41) is 10.6. The predicted octanol–water partition coefficient (Wildman–Crippen LogP) is 4.19. The van der Waals surface area contributed by atoms with Crippen molar-refractivity contribution in [3.63, 3.8) is 0 Å². The second-order valence-electron chi connectivity index (χ2n) is 5.59. The maximum absolute atomic E-state index is 14.3. The molecule has 0 spiro atoms. The van der Waals surface area contributed by atoms with Crippen LogP contribution in [0.15, 0.2) is 54.6 Å². The summed E-state index contributed by atoms with van der Waals surface area (Å²) in [6.07, 6.45) is -5.92. The van der Waals surface area contributed by atoms with Crippen LogP contribution in [0.5, 0.6) is 0 Å².